The first-order chi connectivity index (χ1) is 6.13. The molecule has 1 aromatic rings. The summed E-state index contributed by atoms with van der Waals surface area (Å²) in [5.74, 6) is 0. The molecule has 0 radical (unpaired) electrons. The van der Waals surface area contributed by atoms with Gasteiger partial charge < -0.3 is 5.32 Å². The molecule has 1 aromatic heterocycles. The van der Waals surface area contributed by atoms with Gasteiger partial charge in [0.05, 0.1) is 0 Å². The largest absolute Gasteiger partial charge is 0.335 e. The van der Waals surface area contributed by atoms with Crippen molar-refractivity contribution < 1.29 is 4.79 Å². The minimum atomic E-state index is -0.0605. The maximum Gasteiger partial charge on any atom is 0.325 e. The van der Waals surface area contributed by atoms with Gasteiger partial charge in [0.2, 0.25) is 0 Å². The van der Waals surface area contributed by atoms with Crippen molar-refractivity contribution in [2.24, 2.45) is 0 Å². The van der Waals surface area contributed by atoms with Crippen LogP contribution in [0.2, 0.25) is 0 Å². The molecule has 0 atom stereocenters. The van der Waals surface area contributed by atoms with Crippen LogP contribution in [-0.2, 0) is 6.42 Å². The molecule has 0 aliphatic carbocycles. The van der Waals surface area contributed by atoms with Gasteiger partial charge in [-0.15, -0.1) is 0 Å². The van der Waals surface area contributed by atoms with Crippen LogP contribution in [-0.4, -0.2) is 16.6 Å². The number of carbonyl (C=O) groups is 1. The van der Waals surface area contributed by atoms with Crippen LogP contribution in [0.25, 0.3) is 0 Å². The summed E-state index contributed by atoms with van der Waals surface area (Å²) < 4.78 is 1.58. The van der Waals surface area contributed by atoms with Gasteiger partial charge >= 0.3 is 6.03 Å². The van der Waals surface area contributed by atoms with Gasteiger partial charge in [0.1, 0.15) is 0 Å². The monoisotopic (exact) mass is 180 g/mol. The van der Waals surface area contributed by atoms with E-state index in [2.05, 4.69) is 12.2 Å². The van der Waals surface area contributed by atoms with Crippen molar-refractivity contribution >= 4 is 6.03 Å². The average Bonchev–Trinajstić information content (AvgIpc) is 2.50. The van der Waals surface area contributed by atoms with E-state index < -0.39 is 0 Å². The minimum Gasteiger partial charge on any atom is -0.335 e. The number of hydrogen-bond donors (Lipinski definition) is 1. The number of nitrogens with one attached hydrogen (secondary N) is 1. The van der Waals surface area contributed by atoms with Crippen LogP contribution in [0, 0.1) is 0 Å². The Balaban J connectivity index is 2.66. The highest BCUT2D eigenvalue weighted by molar-refractivity contribution is 5.77. The molecule has 0 bridgehead atoms. The molecule has 0 aliphatic rings. The van der Waals surface area contributed by atoms with Crippen molar-refractivity contribution in [1.82, 2.24) is 9.88 Å². The Hall–Kier alpha value is -1.25. The first-order valence-electron chi connectivity index (χ1n) is 4.61. The fourth-order valence-electron chi connectivity index (χ4n) is 1.10. The molecule has 72 valence electrons. The third-order valence-electron chi connectivity index (χ3n) is 1.81. The van der Waals surface area contributed by atoms with Crippen LogP contribution in [0.1, 0.15) is 26.3 Å². The van der Waals surface area contributed by atoms with Crippen molar-refractivity contribution in [2.45, 2.75) is 33.2 Å². The predicted octanol–water partition coefficient (Wildman–Crippen LogP) is 2.02. The smallest absolute Gasteiger partial charge is 0.325 e. The van der Waals surface area contributed by atoms with Crippen molar-refractivity contribution in [3.63, 3.8) is 0 Å². The zero-order valence-electron chi connectivity index (χ0n) is 8.37. The van der Waals surface area contributed by atoms with Crippen molar-refractivity contribution in [2.75, 3.05) is 0 Å². The van der Waals surface area contributed by atoms with Gasteiger partial charge in [0, 0.05) is 18.4 Å². The van der Waals surface area contributed by atoms with Crippen LogP contribution in [0.4, 0.5) is 4.79 Å². The van der Waals surface area contributed by atoms with Crippen molar-refractivity contribution in [3.05, 3.63) is 24.0 Å². The maximum absolute atomic E-state index is 11.4. The summed E-state index contributed by atoms with van der Waals surface area (Å²) in [4.78, 5) is 11.4. The van der Waals surface area contributed by atoms with Gasteiger partial charge in [-0.25, -0.2) is 4.79 Å². The fourth-order valence-corrected chi connectivity index (χ4v) is 1.10. The highest BCUT2D eigenvalue weighted by Crippen LogP contribution is 2.01. The fraction of sp³-hybridized carbons (Fsp3) is 0.500. The van der Waals surface area contributed by atoms with Crippen molar-refractivity contribution in [3.8, 4) is 0 Å². The lowest BCUT2D eigenvalue weighted by Gasteiger charge is -2.07. The molecule has 1 heterocycles. The standard InChI is InChI=1S/C10H16N2O/c1-4-9-5-6-12(7-9)10(13)11-8(2)3/h5-8H,4H2,1-3H3,(H,11,13). The summed E-state index contributed by atoms with van der Waals surface area (Å²) in [6.07, 6.45) is 4.61. The van der Waals surface area contributed by atoms with Crippen LogP contribution in [0.3, 0.4) is 0 Å². The Morgan fingerprint density at radius 2 is 2.31 bits per heavy atom. The van der Waals surface area contributed by atoms with Gasteiger partial charge in [-0.3, -0.25) is 4.57 Å². The quantitative estimate of drug-likeness (QED) is 0.742. The summed E-state index contributed by atoms with van der Waals surface area (Å²) in [6.45, 7) is 5.96. The van der Waals surface area contributed by atoms with E-state index in [-0.39, 0.29) is 12.1 Å². The highest BCUT2D eigenvalue weighted by atomic mass is 16.2. The van der Waals surface area contributed by atoms with E-state index in [4.69, 9.17) is 0 Å². The van der Waals surface area contributed by atoms with E-state index in [1.807, 2.05) is 26.1 Å². The molecule has 0 saturated carbocycles. The van der Waals surface area contributed by atoms with Gasteiger partial charge in [-0.05, 0) is 31.9 Å². The predicted molar refractivity (Wildman–Crippen MR) is 52.9 cm³/mol. The average molecular weight is 180 g/mol. The van der Waals surface area contributed by atoms with E-state index in [0.29, 0.717) is 0 Å². The third-order valence-corrected chi connectivity index (χ3v) is 1.81. The number of rotatable bonds is 2. The Morgan fingerprint density at radius 1 is 1.62 bits per heavy atom. The van der Waals surface area contributed by atoms with Gasteiger partial charge in [0.15, 0.2) is 0 Å². The lowest BCUT2D eigenvalue weighted by Crippen LogP contribution is -2.33. The Bertz CT molecular complexity index is 289. The second-order valence-corrected chi connectivity index (χ2v) is 3.38. The van der Waals surface area contributed by atoms with Gasteiger partial charge in [-0.2, -0.15) is 0 Å². The molecule has 0 unspecified atom stereocenters. The summed E-state index contributed by atoms with van der Waals surface area (Å²) in [5, 5.41) is 2.82. The van der Waals surface area contributed by atoms with E-state index in [9.17, 15) is 4.79 Å². The van der Waals surface area contributed by atoms with Gasteiger partial charge in [0.25, 0.3) is 0 Å². The molecule has 3 heteroatoms. The molecule has 1 amide bonds. The molecule has 0 aromatic carbocycles. The Morgan fingerprint density at radius 3 is 2.77 bits per heavy atom. The second-order valence-electron chi connectivity index (χ2n) is 3.38. The number of nitrogens with zero attached hydrogens (tertiary/aromatic N) is 1. The SMILES string of the molecule is CCc1ccn(C(=O)NC(C)C)c1. The molecule has 0 fully saturated rings. The molecular formula is C10H16N2O. The molecule has 1 N–H and O–H groups in total. The molecular weight excluding hydrogens is 164 g/mol. The number of aryl methyl sites for hydroxylation is 1. The lowest BCUT2D eigenvalue weighted by atomic mass is 10.3. The van der Waals surface area contributed by atoms with Crippen LogP contribution >= 0.6 is 0 Å². The zero-order valence-corrected chi connectivity index (χ0v) is 8.37. The first kappa shape index (κ1) is 9.84. The highest BCUT2D eigenvalue weighted by Gasteiger charge is 2.04. The number of aromatic nitrogens is 1. The first-order valence-corrected chi connectivity index (χ1v) is 4.61. The molecule has 0 saturated heterocycles. The van der Waals surface area contributed by atoms with E-state index >= 15 is 0 Å². The van der Waals surface area contributed by atoms with Gasteiger partial charge in [-0.1, -0.05) is 6.92 Å². The zero-order chi connectivity index (χ0) is 9.84. The molecule has 3 nitrogen and oxygen atoms in total. The Labute approximate surface area is 78.8 Å². The van der Waals surface area contributed by atoms with E-state index in [0.717, 1.165) is 6.42 Å². The van der Waals surface area contributed by atoms with E-state index in [1.54, 1.807) is 10.8 Å². The summed E-state index contributed by atoms with van der Waals surface area (Å²) in [7, 11) is 0. The lowest BCUT2D eigenvalue weighted by molar-refractivity contribution is 0.240. The molecule has 13 heavy (non-hydrogen) atoms. The minimum absolute atomic E-state index is 0.0605. The van der Waals surface area contributed by atoms with Crippen molar-refractivity contribution in [1.29, 1.82) is 0 Å². The summed E-state index contributed by atoms with van der Waals surface area (Å²) in [6, 6.07) is 2.08. The maximum atomic E-state index is 11.4. The number of hydrogen-bond acceptors (Lipinski definition) is 1. The van der Waals surface area contributed by atoms with Crippen LogP contribution in [0.5, 0.6) is 0 Å². The summed E-state index contributed by atoms with van der Waals surface area (Å²) >= 11 is 0. The van der Waals surface area contributed by atoms with Crippen LogP contribution < -0.4 is 5.32 Å². The topological polar surface area (TPSA) is 34.0 Å². The third kappa shape index (κ3) is 2.61. The van der Waals surface area contributed by atoms with E-state index in [1.165, 1.54) is 5.56 Å². The number of amides is 1. The normalized spacial score (nSPS) is 10.5. The molecule has 0 aliphatic heterocycles. The second kappa shape index (κ2) is 4.12. The number of carbonyl (C=O) groups excluding carboxylic acids is 1. The molecule has 0 spiro atoms. The molecule has 1 rings (SSSR count). The summed E-state index contributed by atoms with van der Waals surface area (Å²) in [5.41, 5.74) is 1.18. The van der Waals surface area contributed by atoms with Crippen LogP contribution in [0.15, 0.2) is 18.5 Å². The Kier molecular flexibility index (Phi) is 3.12.